The fraction of sp³-hybridized carbons (Fsp3) is 0.533. The predicted molar refractivity (Wildman–Crippen MR) is 83.8 cm³/mol. The Balaban J connectivity index is 2.80. The van der Waals surface area contributed by atoms with Gasteiger partial charge in [0, 0.05) is 44.2 Å². The summed E-state index contributed by atoms with van der Waals surface area (Å²) in [5.74, 6) is 0.0885. The fourth-order valence-electron chi connectivity index (χ4n) is 2.10. The molecule has 1 aromatic carbocycles. The van der Waals surface area contributed by atoms with Crippen LogP contribution in [0.3, 0.4) is 0 Å². The lowest BCUT2D eigenvalue weighted by atomic mass is 10.0. The fourth-order valence-corrected chi connectivity index (χ4v) is 2.29. The van der Waals surface area contributed by atoms with Gasteiger partial charge < -0.3 is 10.6 Å². The van der Waals surface area contributed by atoms with Gasteiger partial charge in [0.1, 0.15) is 0 Å². The Kier molecular flexibility index (Phi) is 6.46. The first-order valence-corrected chi connectivity index (χ1v) is 7.12. The highest BCUT2D eigenvalue weighted by Gasteiger charge is 2.23. The van der Waals surface area contributed by atoms with Gasteiger partial charge in [-0.2, -0.15) is 0 Å². The second-order valence-electron chi connectivity index (χ2n) is 5.28. The average Bonchev–Trinajstić information content (AvgIpc) is 2.42. The monoisotopic (exact) mass is 297 g/mol. The Morgan fingerprint density at radius 2 is 2.00 bits per heavy atom. The van der Waals surface area contributed by atoms with Crippen molar-refractivity contribution in [3.05, 3.63) is 34.9 Å². The van der Waals surface area contributed by atoms with Crippen molar-refractivity contribution >= 4 is 17.5 Å². The number of amides is 1. The number of nitrogens with zero attached hydrogens (tertiary/aromatic N) is 2. The first kappa shape index (κ1) is 17.0. The van der Waals surface area contributed by atoms with Crippen LogP contribution in [0.15, 0.2) is 24.3 Å². The van der Waals surface area contributed by atoms with Crippen LogP contribution in [0.2, 0.25) is 5.02 Å². The topological polar surface area (TPSA) is 49.6 Å². The van der Waals surface area contributed by atoms with Crippen molar-refractivity contribution in [2.45, 2.75) is 25.4 Å². The van der Waals surface area contributed by atoms with E-state index in [1.165, 1.54) is 0 Å². The number of rotatable bonds is 6. The smallest absolute Gasteiger partial charge is 0.223 e. The molecule has 0 saturated heterocycles. The van der Waals surface area contributed by atoms with Crippen molar-refractivity contribution in [1.82, 2.24) is 9.80 Å². The van der Waals surface area contributed by atoms with Crippen LogP contribution in [-0.4, -0.2) is 49.4 Å². The summed E-state index contributed by atoms with van der Waals surface area (Å²) in [5.41, 5.74) is 6.95. The van der Waals surface area contributed by atoms with Gasteiger partial charge >= 0.3 is 0 Å². The Bertz CT molecular complexity index is 450. The molecule has 0 radical (unpaired) electrons. The Morgan fingerprint density at radius 3 is 2.50 bits per heavy atom. The molecule has 0 bridgehead atoms. The third-order valence-corrected chi connectivity index (χ3v) is 3.93. The predicted octanol–water partition coefficient (Wildman–Crippen LogP) is 2.14. The maximum Gasteiger partial charge on any atom is 0.223 e. The van der Waals surface area contributed by atoms with Crippen molar-refractivity contribution in [3.63, 3.8) is 0 Å². The van der Waals surface area contributed by atoms with E-state index in [1.807, 2.05) is 31.3 Å². The molecular formula is C15H24ClN3O. The second-order valence-corrected chi connectivity index (χ2v) is 5.71. The minimum atomic E-state index is 0.0129. The van der Waals surface area contributed by atoms with Crippen LogP contribution in [0.4, 0.5) is 0 Å². The molecule has 1 amide bonds. The number of halogens is 1. The molecule has 0 aliphatic heterocycles. The molecule has 2 N–H and O–H groups in total. The normalized spacial score (nSPS) is 14.2. The largest absolute Gasteiger partial charge is 0.349 e. The van der Waals surface area contributed by atoms with Gasteiger partial charge in [-0.1, -0.05) is 23.7 Å². The van der Waals surface area contributed by atoms with E-state index in [1.54, 1.807) is 19.0 Å². The maximum absolute atomic E-state index is 11.9. The number of hydrogen-bond acceptors (Lipinski definition) is 3. The lowest BCUT2D eigenvalue weighted by molar-refractivity contribution is -0.130. The Morgan fingerprint density at radius 1 is 1.35 bits per heavy atom. The highest BCUT2D eigenvalue weighted by atomic mass is 35.5. The zero-order valence-electron chi connectivity index (χ0n) is 12.6. The quantitative estimate of drug-likeness (QED) is 0.875. The highest BCUT2D eigenvalue weighted by Crippen LogP contribution is 2.24. The minimum absolute atomic E-state index is 0.0129. The van der Waals surface area contributed by atoms with E-state index in [4.69, 9.17) is 17.3 Å². The van der Waals surface area contributed by atoms with Gasteiger partial charge in [-0.15, -0.1) is 0 Å². The highest BCUT2D eigenvalue weighted by molar-refractivity contribution is 6.30. The van der Waals surface area contributed by atoms with Crippen LogP contribution in [-0.2, 0) is 4.79 Å². The molecule has 0 spiro atoms. The van der Waals surface area contributed by atoms with E-state index < -0.39 is 0 Å². The van der Waals surface area contributed by atoms with Crippen molar-refractivity contribution < 1.29 is 4.79 Å². The standard InChI is InChI=1S/C15H24ClN3O/c1-11(12-6-5-7-13(16)8-12)19(4)14(10-17)9-15(20)18(2)3/h5-8,11,14H,9-10,17H2,1-4H3. The summed E-state index contributed by atoms with van der Waals surface area (Å²) in [6.45, 7) is 2.54. The number of hydrogen-bond donors (Lipinski definition) is 1. The molecule has 0 heterocycles. The SMILES string of the molecule is CC(c1cccc(Cl)c1)N(C)C(CN)CC(=O)N(C)C. The molecule has 2 atom stereocenters. The Labute approximate surface area is 126 Å². The third kappa shape index (κ3) is 4.47. The maximum atomic E-state index is 11.9. The van der Waals surface area contributed by atoms with Crippen molar-refractivity contribution in [3.8, 4) is 0 Å². The third-order valence-electron chi connectivity index (χ3n) is 3.70. The molecule has 0 aliphatic carbocycles. The summed E-state index contributed by atoms with van der Waals surface area (Å²) in [4.78, 5) is 15.6. The van der Waals surface area contributed by atoms with E-state index in [2.05, 4.69) is 11.8 Å². The van der Waals surface area contributed by atoms with Crippen molar-refractivity contribution in [1.29, 1.82) is 0 Å². The van der Waals surface area contributed by atoms with E-state index in [-0.39, 0.29) is 18.0 Å². The zero-order chi connectivity index (χ0) is 15.3. The zero-order valence-corrected chi connectivity index (χ0v) is 13.4. The molecule has 4 nitrogen and oxygen atoms in total. The van der Waals surface area contributed by atoms with Crippen molar-refractivity contribution in [2.75, 3.05) is 27.7 Å². The number of nitrogens with two attached hydrogens (primary N) is 1. The summed E-state index contributed by atoms with van der Waals surface area (Å²) in [6, 6.07) is 7.94. The van der Waals surface area contributed by atoms with Gasteiger partial charge in [-0.05, 0) is 31.7 Å². The molecule has 112 valence electrons. The average molecular weight is 298 g/mol. The first-order valence-electron chi connectivity index (χ1n) is 6.74. The minimum Gasteiger partial charge on any atom is -0.349 e. The van der Waals surface area contributed by atoms with Gasteiger partial charge in [0.15, 0.2) is 0 Å². The molecule has 1 rings (SSSR count). The summed E-state index contributed by atoms with van der Waals surface area (Å²) < 4.78 is 0. The number of carbonyl (C=O) groups excluding carboxylic acids is 1. The lowest BCUT2D eigenvalue weighted by Gasteiger charge is -2.33. The number of carbonyl (C=O) groups is 1. The molecule has 1 aromatic rings. The lowest BCUT2D eigenvalue weighted by Crippen LogP contribution is -2.42. The number of benzene rings is 1. The van der Waals surface area contributed by atoms with Gasteiger partial charge in [-0.25, -0.2) is 0 Å². The van der Waals surface area contributed by atoms with E-state index in [0.717, 1.165) is 10.6 Å². The van der Waals surface area contributed by atoms with E-state index >= 15 is 0 Å². The van der Waals surface area contributed by atoms with Crippen molar-refractivity contribution in [2.24, 2.45) is 5.73 Å². The van der Waals surface area contributed by atoms with Crippen LogP contribution < -0.4 is 5.73 Å². The van der Waals surface area contributed by atoms with Crippen LogP contribution >= 0.6 is 11.6 Å². The molecule has 20 heavy (non-hydrogen) atoms. The molecule has 2 unspecified atom stereocenters. The Hall–Kier alpha value is -1.10. The van der Waals surface area contributed by atoms with Crippen LogP contribution in [0.1, 0.15) is 24.9 Å². The molecular weight excluding hydrogens is 274 g/mol. The summed E-state index contributed by atoms with van der Waals surface area (Å²) in [6.07, 6.45) is 0.422. The molecule has 0 saturated carbocycles. The second kappa shape index (κ2) is 7.62. The summed E-state index contributed by atoms with van der Waals surface area (Å²) in [5, 5.41) is 0.719. The van der Waals surface area contributed by atoms with Gasteiger partial charge in [-0.3, -0.25) is 9.69 Å². The molecule has 5 heteroatoms. The summed E-state index contributed by atoms with van der Waals surface area (Å²) >= 11 is 6.03. The molecule has 0 aliphatic rings. The number of likely N-dealkylation sites (N-methyl/N-ethyl adjacent to an activating group) is 1. The van der Waals surface area contributed by atoms with E-state index in [9.17, 15) is 4.79 Å². The van der Waals surface area contributed by atoms with Gasteiger partial charge in [0.05, 0.1) is 0 Å². The van der Waals surface area contributed by atoms with Gasteiger partial charge in [0.2, 0.25) is 5.91 Å². The van der Waals surface area contributed by atoms with Crippen LogP contribution in [0, 0.1) is 0 Å². The van der Waals surface area contributed by atoms with Crippen LogP contribution in [0.5, 0.6) is 0 Å². The molecule has 0 fully saturated rings. The van der Waals surface area contributed by atoms with Gasteiger partial charge in [0.25, 0.3) is 0 Å². The van der Waals surface area contributed by atoms with Crippen LogP contribution in [0.25, 0.3) is 0 Å². The first-order chi connectivity index (χ1) is 9.36. The summed E-state index contributed by atoms with van der Waals surface area (Å²) in [7, 11) is 5.51. The van der Waals surface area contributed by atoms with E-state index in [0.29, 0.717) is 13.0 Å². The molecule has 0 aromatic heterocycles.